The molecule has 0 spiro atoms. The lowest BCUT2D eigenvalue weighted by Crippen LogP contribution is -2.60. The number of aromatic hydroxyl groups is 1. The van der Waals surface area contributed by atoms with E-state index in [9.17, 15) is 55.5 Å². The van der Waals surface area contributed by atoms with Gasteiger partial charge in [-0.15, -0.1) is 0 Å². The predicted molar refractivity (Wildman–Crippen MR) is 381 cm³/mol. The predicted octanol–water partition coefficient (Wildman–Crippen LogP) is 7.58. The van der Waals surface area contributed by atoms with E-state index in [1.165, 1.54) is 59.0 Å². The molecule has 26 heteroatoms. The zero-order chi connectivity index (χ0) is 72.7. The van der Waals surface area contributed by atoms with E-state index < -0.39 is 110 Å². The van der Waals surface area contributed by atoms with Crippen molar-refractivity contribution in [2.45, 2.75) is 170 Å². The molecule has 7 atom stereocenters. The van der Waals surface area contributed by atoms with E-state index in [1.807, 2.05) is 74.5 Å². The van der Waals surface area contributed by atoms with Gasteiger partial charge in [-0.3, -0.25) is 42.7 Å². The number of rotatable bonds is 19. The van der Waals surface area contributed by atoms with E-state index in [2.05, 4.69) is 33.5 Å². The zero-order valence-electron chi connectivity index (χ0n) is 57.3. The van der Waals surface area contributed by atoms with Crippen molar-refractivity contribution in [3.63, 3.8) is 0 Å². The lowest BCUT2D eigenvalue weighted by atomic mass is 9.99. The van der Waals surface area contributed by atoms with E-state index in [-0.39, 0.29) is 73.8 Å². The Morgan fingerprint density at radius 1 is 0.610 bits per heavy atom. The highest BCUT2D eigenvalue weighted by molar-refractivity contribution is 7.86. The number of nitrogens with one attached hydrogen (secondary N) is 5. The Bertz CT molecular complexity index is 3870. The number of phenols is 1. The largest absolute Gasteiger partial charge is 0.508 e. The highest BCUT2D eigenvalue weighted by atomic mass is 32.2. The number of ether oxygens (including phenoxy) is 1. The highest BCUT2D eigenvalue weighted by Gasteiger charge is 2.43. The average Bonchev–Trinajstić information content (AvgIpc) is 1.61. The van der Waals surface area contributed by atoms with Crippen molar-refractivity contribution in [3.05, 3.63) is 168 Å². The van der Waals surface area contributed by atoms with Crippen LogP contribution in [0.3, 0.4) is 0 Å². The Morgan fingerprint density at radius 3 is 1.70 bits per heavy atom. The Labute approximate surface area is 586 Å². The number of hydrogen-bond donors (Lipinski definition) is 10. The summed E-state index contributed by atoms with van der Waals surface area (Å²) in [4.78, 5) is 103. The molecule has 0 radical (unpaired) electrons. The van der Waals surface area contributed by atoms with Gasteiger partial charge in [0.05, 0.1) is 16.4 Å². The molecule has 3 heterocycles. The molecule has 3 aliphatic rings. The van der Waals surface area contributed by atoms with E-state index in [1.54, 1.807) is 62.4 Å². The maximum Gasteiger partial charge on any atom is 0.294 e. The molecule has 0 saturated carbocycles. The normalized spacial score (nSPS) is 20.4. The van der Waals surface area contributed by atoms with Gasteiger partial charge in [0.25, 0.3) is 26.1 Å². The molecular formula is C74H95N9O15S2. The first-order valence-corrected chi connectivity index (χ1v) is 36.9. The summed E-state index contributed by atoms with van der Waals surface area (Å²) < 4.78 is 65.0. The number of nitrogens with two attached hydrogens (primary N) is 2. The quantitative estimate of drug-likeness (QED) is 0.0276. The standard InChI is InChI=1S/C60H79N9O9.2C7H8O3S/c1-4-5-6-7-35-78-47-29-25-43(26-30-47)41-19-17-40(18-20-41)42-21-23-44(24-22-42)54(71)64-48-12-9-33-63-57(74)52-36-45(62)37-69(52)59(76)50(11-8-32-61)66-55(72)49(31-16-39-14-27-46(70)28-15-39)65-58(75)51-13-10-34-68(51)60(77)53(38(2)3)67-56(48)73;2*1-6-2-4-7(5-3-6)11(8,9)10/h14-15,17-30,38,45,48-53,70H,4-13,16,31-37,61-62H2,1-3H3,(H,63,74)(H,64,71)(H,65,75)(H,66,72)(H,67,73);2*2-5H,1H3,(H,8,9,10)/t45-,48-,49-,50-,51-,52-,53-;;/m0../s1. The fraction of sp³-hybridized carbons (Fsp3) is 0.419. The number of fused-ring (bicyclic) bond motifs is 2. The first kappa shape index (κ1) is 78.3. The molecule has 3 aliphatic heterocycles. The fourth-order valence-electron chi connectivity index (χ4n) is 11.9. The lowest BCUT2D eigenvalue weighted by molar-refractivity contribution is -0.143. The van der Waals surface area contributed by atoms with Crippen LogP contribution in [-0.2, 0) is 55.4 Å². The molecule has 0 aromatic heterocycles. The summed E-state index contributed by atoms with van der Waals surface area (Å²) >= 11 is 0. The van der Waals surface area contributed by atoms with Crippen molar-refractivity contribution >= 4 is 61.6 Å². The molecule has 12 N–H and O–H groups in total. The number of hydrogen-bond acceptors (Lipinski definition) is 15. The molecule has 9 rings (SSSR count). The summed E-state index contributed by atoms with van der Waals surface area (Å²) in [6.07, 6.45) is 6.75. The summed E-state index contributed by atoms with van der Waals surface area (Å²) in [5.74, 6) is -3.37. The maximum atomic E-state index is 14.6. The number of nitrogens with zero attached hydrogens (tertiary/aromatic N) is 2. The third-order valence-corrected chi connectivity index (χ3v) is 19.4. The van der Waals surface area contributed by atoms with Crippen molar-refractivity contribution in [2.24, 2.45) is 17.4 Å². The van der Waals surface area contributed by atoms with Gasteiger partial charge in [-0.25, -0.2) is 0 Å². The second-order valence-corrected chi connectivity index (χ2v) is 28.6. The zero-order valence-corrected chi connectivity index (χ0v) is 58.9. The monoisotopic (exact) mass is 1410 g/mol. The molecular weight excluding hydrogens is 1320 g/mol. The smallest absolute Gasteiger partial charge is 0.294 e. The third kappa shape index (κ3) is 23.3. The molecule has 6 aromatic carbocycles. The average molecular weight is 1410 g/mol. The van der Waals surface area contributed by atoms with Gasteiger partial charge in [0.2, 0.25) is 35.4 Å². The number of phenolic OH excluding ortho intramolecular Hbond substituents is 1. The second-order valence-electron chi connectivity index (χ2n) is 25.8. The first-order chi connectivity index (χ1) is 47.6. The van der Waals surface area contributed by atoms with Crippen LogP contribution in [0.4, 0.5) is 0 Å². The molecule has 7 amide bonds. The summed E-state index contributed by atoms with van der Waals surface area (Å²) in [6, 6.07) is 34.7. The van der Waals surface area contributed by atoms with Gasteiger partial charge in [-0.1, -0.05) is 136 Å². The summed E-state index contributed by atoms with van der Waals surface area (Å²) in [5, 5.41) is 24.3. The number of aryl methyl sites for hydroxylation is 3. The molecule has 538 valence electrons. The Kier molecular flexibility index (Phi) is 29.3. The highest BCUT2D eigenvalue weighted by Crippen LogP contribution is 2.29. The Balaban J connectivity index is 0.000000539. The van der Waals surface area contributed by atoms with Gasteiger partial charge in [0.15, 0.2) is 0 Å². The summed E-state index contributed by atoms with van der Waals surface area (Å²) in [7, 11) is -8.04. The molecule has 24 nitrogen and oxygen atoms in total. The Hall–Kier alpha value is -9.05. The van der Waals surface area contributed by atoms with Crippen molar-refractivity contribution in [1.29, 1.82) is 0 Å². The second kappa shape index (κ2) is 37.4. The van der Waals surface area contributed by atoms with E-state index in [4.69, 9.17) is 25.3 Å². The van der Waals surface area contributed by atoms with Crippen molar-refractivity contribution < 1.29 is 69.3 Å². The Morgan fingerprint density at radius 2 is 1.16 bits per heavy atom. The van der Waals surface area contributed by atoms with E-state index in [0.29, 0.717) is 37.9 Å². The van der Waals surface area contributed by atoms with Crippen LogP contribution in [0.25, 0.3) is 22.3 Å². The molecule has 3 saturated heterocycles. The van der Waals surface area contributed by atoms with Crippen LogP contribution in [0.1, 0.15) is 125 Å². The number of carbonyl (C=O) groups is 7. The van der Waals surface area contributed by atoms with Gasteiger partial charge in [-0.05, 0) is 179 Å². The van der Waals surface area contributed by atoms with Gasteiger partial charge < -0.3 is 57.7 Å². The lowest BCUT2D eigenvalue weighted by Gasteiger charge is -2.32. The third-order valence-electron chi connectivity index (χ3n) is 17.6. The summed E-state index contributed by atoms with van der Waals surface area (Å²) in [6.45, 7) is 10.7. The van der Waals surface area contributed by atoms with Crippen LogP contribution in [0.5, 0.6) is 11.5 Å². The van der Waals surface area contributed by atoms with Crippen LogP contribution in [-0.4, -0.2) is 157 Å². The van der Waals surface area contributed by atoms with Crippen LogP contribution in [0, 0.1) is 19.8 Å². The molecule has 3 fully saturated rings. The van der Waals surface area contributed by atoms with Gasteiger partial charge in [0, 0.05) is 31.2 Å². The number of unbranched alkanes of at least 4 members (excludes halogenated alkanes) is 3. The number of carbonyl (C=O) groups excluding carboxylic acids is 7. The topological polar surface area (TPSA) is 376 Å². The minimum atomic E-state index is -4.02. The van der Waals surface area contributed by atoms with Crippen LogP contribution < -0.4 is 42.8 Å². The maximum absolute atomic E-state index is 14.6. The van der Waals surface area contributed by atoms with Gasteiger partial charge in [0.1, 0.15) is 47.8 Å². The molecule has 100 heavy (non-hydrogen) atoms. The van der Waals surface area contributed by atoms with Gasteiger partial charge >= 0.3 is 0 Å². The first-order valence-electron chi connectivity index (χ1n) is 34.0. The summed E-state index contributed by atoms with van der Waals surface area (Å²) in [5.41, 5.74) is 19.2. The van der Waals surface area contributed by atoms with Crippen molar-refractivity contribution in [3.8, 4) is 33.8 Å². The van der Waals surface area contributed by atoms with Crippen LogP contribution in [0.15, 0.2) is 155 Å². The van der Waals surface area contributed by atoms with E-state index in [0.717, 1.165) is 57.5 Å². The minimum absolute atomic E-state index is 0.0574. The molecule has 0 unspecified atom stereocenters. The van der Waals surface area contributed by atoms with Gasteiger partial charge in [-0.2, -0.15) is 16.8 Å². The minimum Gasteiger partial charge on any atom is -0.508 e. The van der Waals surface area contributed by atoms with Crippen LogP contribution >= 0.6 is 0 Å². The fourth-order valence-corrected chi connectivity index (χ4v) is 12.8. The molecule has 0 bridgehead atoms. The van der Waals surface area contributed by atoms with Crippen LogP contribution in [0.2, 0.25) is 0 Å². The molecule has 6 aromatic rings. The molecule has 0 aliphatic carbocycles. The number of benzene rings is 6. The van der Waals surface area contributed by atoms with E-state index >= 15 is 0 Å². The van der Waals surface area contributed by atoms with Crippen molar-refractivity contribution in [2.75, 3.05) is 32.8 Å². The SMILES string of the molecule is CCCCCCOc1ccc(-c2ccc(-c3ccc(C(=O)N[C@H]4CCCNC(=O)[C@@H]5C[C@H](N)CN5C(=O)[C@H](CCCN)NC(=O)[C@H](CCc5ccc(O)cc5)NC(=O)[C@@H]5CCCN5C(=O)[C@H](C(C)C)NC4=O)cc3)cc2)cc1.Cc1ccc(S(=O)(=O)O)cc1.Cc1ccc(S(=O)(=O)O)cc1. The number of amides is 7. The van der Waals surface area contributed by atoms with Crippen molar-refractivity contribution in [1.82, 2.24) is 36.4 Å².